The van der Waals surface area contributed by atoms with E-state index in [9.17, 15) is 4.79 Å². The van der Waals surface area contributed by atoms with Gasteiger partial charge >= 0.3 is 5.97 Å². The molecule has 0 bridgehead atoms. The number of nitrogens with one attached hydrogen (secondary N) is 1. The van der Waals surface area contributed by atoms with E-state index in [1.807, 2.05) is 39.0 Å². The van der Waals surface area contributed by atoms with E-state index in [-0.39, 0.29) is 12.4 Å². The third-order valence-electron chi connectivity index (χ3n) is 3.24. The van der Waals surface area contributed by atoms with E-state index in [2.05, 4.69) is 5.32 Å². The van der Waals surface area contributed by atoms with Crippen molar-refractivity contribution in [1.82, 2.24) is 5.32 Å². The summed E-state index contributed by atoms with van der Waals surface area (Å²) < 4.78 is 10.2. The summed E-state index contributed by atoms with van der Waals surface area (Å²) >= 11 is 0. The predicted octanol–water partition coefficient (Wildman–Crippen LogP) is 2.39. The van der Waals surface area contributed by atoms with Crippen molar-refractivity contribution in [3.63, 3.8) is 0 Å². The van der Waals surface area contributed by atoms with Crippen molar-refractivity contribution in [2.75, 3.05) is 20.8 Å². The maximum atomic E-state index is 11.7. The first-order valence-electron chi connectivity index (χ1n) is 6.43. The van der Waals surface area contributed by atoms with Crippen LogP contribution in [0.3, 0.4) is 0 Å². The molecule has 0 aliphatic carbocycles. The van der Waals surface area contributed by atoms with Gasteiger partial charge in [0.1, 0.15) is 5.75 Å². The minimum absolute atomic E-state index is 0.244. The van der Waals surface area contributed by atoms with E-state index in [1.54, 1.807) is 7.11 Å². The SMILES string of the molecule is CCNC(C)(CC(=O)OC)c1cc(C)ccc1OC. The lowest BCUT2D eigenvalue weighted by molar-refractivity contribution is -0.142. The molecule has 0 aliphatic rings. The van der Waals surface area contributed by atoms with Crippen LogP contribution in [-0.2, 0) is 15.1 Å². The van der Waals surface area contributed by atoms with E-state index >= 15 is 0 Å². The number of hydrogen-bond donors (Lipinski definition) is 1. The third kappa shape index (κ3) is 3.70. The normalized spacial score (nSPS) is 13.7. The molecular weight excluding hydrogens is 242 g/mol. The van der Waals surface area contributed by atoms with Gasteiger partial charge in [-0.1, -0.05) is 24.6 Å². The van der Waals surface area contributed by atoms with Gasteiger partial charge in [-0.05, 0) is 26.5 Å². The van der Waals surface area contributed by atoms with Crippen molar-refractivity contribution >= 4 is 5.97 Å². The second-order valence-corrected chi connectivity index (χ2v) is 4.82. The Bertz CT molecular complexity index is 445. The number of carbonyl (C=O) groups excluding carboxylic acids is 1. The van der Waals surface area contributed by atoms with Crippen molar-refractivity contribution in [2.45, 2.75) is 32.7 Å². The van der Waals surface area contributed by atoms with E-state index in [0.29, 0.717) is 0 Å². The number of carbonyl (C=O) groups is 1. The Hall–Kier alpha value is -1.55. The van der Waals surface area contributed by atoms with E-state index in [1.165, 1.54) is 7.11 Å². The minimum atomic E-state index is -0.501. The van der Waals surface area contributed by atoms with Crippen LogP contribution in [0.5, 0.6) is 5.75 Å². The average Bonchev–Trinajstić information content (AvgIpc) is 2.38. The zero-order valence-corrected chi connectivity index (χ0v) is 12.4. The van der Waals surface area contributed by atoms with Crippen molar-refractivity contribution < 1.29 is 14.3 Å². The van der Waals surface area contributed by atoms with Gasteiger partial charge in [-0.25, -0.2) is 0 Å². The smallest absolute Gasteiger partial charge is 0.307 e. The monoisotopic (exact) mass is 265 g/mol. The Labute approximate surface area is 115 Å². The topological polar surface area (TPSA) is 47.6 Å². The second-order valence-electron chi connectivity index (χ2n) is 4.82. The Kier molecular flexibility index (Phi) is 5.36. The number of ether oxygens (including phenoxy) is 2. The molecule has 19 heavy (non-hydrogen) atoms. The summed E-state index contributed by atoms with van der Waals surface area (Å²) in [6.45, 7) is 6.78. The fraction of sp³-hybridized carbons (Fsp3) is 0.533. The molecule has 4 nitrogen and oxygen atoms in total. The summed E-state index contributed by atoms with van der Waals surface area (Å²) in [5.74, 6) is 0.532. The highest BCUT2D eigenvalue weighted by Crippen LogP contribution is 2.33. The largest absolute Gasteiger partial charge is 0.496 e. The summed E-state index contributed by atoms with van der Waals surface area (Å²) in [7, 11) is 3.04. The van der Waals surface area contributed by atoms with Gasteiger partial charge in [-0.2, -0.15) is 0 Å². The number of esters is 1. The lowest BCUT2D eigenvalue weighted by Gasteiger charge is -2.31. The van der Waals surface area contributed by atoms with Crippen LogP contribution in [-0.4, -0.2) is 26.7 Å². The Balaban J connectivity index is 3.23. The molecule has 0 aliphatic heterocycles. The van der Waals surface area contributed by atoms with Crippen molar-refractivity contribution in [1.29, 1.82) is 0 Å². The van der Waals surface area contributed by atoms with Gasteiger partial charge in [0.25, 0.3) is 0 Å². The Morgan fingerprint density at radius 3 is 2.58 bits per heavy atom. The molecule has 0 heterocycles. The third-order valence-corrected chi connectivity index (χ3v) is 3.24. The summed E-state index contributed by atoms with van der Waals surface area (Å²) in [5, 5.41) is 3.36. The maximum absolute atomic E-state index is 11.7. The molecule has 1 atom stereocenters. The molecule has 0 spiro atoms. The van der Waals surface area contributed by atoms with Crippen LogP contribution < -0.4 is 10.1 Å². The van der Waals surface area contributed by atoms with Crippen LogP contribution in [0.25, 0.3) is 0 Å². The van der Waals surface area contributed by atoms with Crippen molar-refractivity contribution in [3.8, 4) is 5.75 Å². The molecular formula is C15H23NO3. The second kappa shape index (κ2) is 6.57. The van der Waals surface area contributed by atoms with Gasteiger partial charge in [-0.3, -0.25) is 4.79 Å². The van der Waals surface area contributed by atoms with Crippen molar-refractivity contribution in [2.24, 2.45) is 0 Å². The average molecular weight is 265 g/mol. The van der Waals surface area contributed by atoms with Gasteiger partial charge in [-0.15, -0.1) is 0 Å². The molecule has 0 saturated carbocycles. The molecule has 4 heteroatoms. The lowest BCUT2D eigenvalue weighted by atomic mass is 9.86. The Morgan fingerprint density at radius 1 is 1.37 bits per heavy atom. The number of aryl methyl sites for hydroxylation is 1. The van der Waals surface area contributed by atoms with Gasteiger partial charge < -0.3 is 14.8 Å². The first kappa shape index (κ1) is 15.5. The fourth-order valence-corrected chi connectivity index (χ4v) is 2.26. The van der Waals surface area contributed by atoms with Crippen LogP contribution in [0.4, 0.5) is 0 Å². The molecule has 1 rings (SSSR count). The highest BCUT2D eigenvalue weighted by molar-refractivity contribution is 5.71. The van der Waals surface area contributed by atoms with Gasteiger partial charge in [0.2, 0.25) is 0 Å². The fourth-order valence-electron chi connectivity index (χ4n) is 2.26. The van der Waals surface area contributed by atoms with Gasteiger partial charge in [0, 0.05) is 5.56 Å². The highest BCUT2D eigenvalue weighted by atomic mass is 16.5. The molecule has 0 fully saturated rings. The number of hydrogen-bond acceptors (Lipinski definition) is 4. The molecule has 0 aromatic heterocycles. The van der Waals surface area contributed by atoms with Crippen molar-refractivity contribution in [3.05, 3.63) is 29.3 Å². The van der Waals surface area contributed by atoms with Crippen LogP contribution in [0, 0.1) is 6.92 Å². The minimum Gasteiger partial charge on any atom is -0.496 e. The summed E-state index contributed by atoms with van der Waals surface area (Å²) in [4.78, 5) is 11.7. The predicted molar refractivity (Wildman–Crippen MR) is 75.4 cm³/mol. The zero-order valence-electron chi connectivity index (χ0n) is 12.4. The van der Waals surface area contributed by atoms with Gasteiger partial charge in [0.05, 0.1) is 26.2 Å². The number of methoxy groups -OCH3 is 2. The highest BCUT2D eigenvalue weighted by Gasteiger charge is 2.32. The Morgan fingerprint density at radius 2 is 2.05 bits per heavy atom. The van der Waals surface area contributed by atoms with Gasteiger partial charge in [0.15, 0.2) is 0 Å². The van der Waals surface area contributed by atoms with Crippen LogP contribution in [0.2, 0.25) is 0 Å². The van der Waals surface area contributed by atoms with E-state index in [4.69, 9.17) is 9.47 Å². The zero-order chi connectivity index (χ0) is 14.5. The van der Waals surface area contributed by atoms with Crippen LogP contribution in [0.15, 0.2) is 18.2 Å². The molecule has 0 saturated heterocycles. The molecule has 106 valence electrons. The summed E-state index contributed by atoms with van der Waals surface area (Å²) in [5.41, 5.74) is 1.60. The molecule has 1 aromatic carbocycles. The van der Waals surface area contributed by atoms with Crippen LogP contribution >= 0.6 is 0 Å². The van der Waals surface area contributed by atoms with Crippen LogP contribution in [0.1, 0.15) is 31.4 Å². The van der Waals surface area contributed by atoms with E-state index < -0.39 is 5.54 Å². The molecule has 1 aromatic rings. The number of rotatable bonds is 6. The molecule has 1 N–H and O–H groups in total. The summed E-state index contributed by atoms with van der Waals surface area (Å²) in [6, 6.07) is 5.97. The lowest BCUT2D eigenvalue weighted by Crippen LogP contribution is -2.42. The molecule has 0 amide bonds. The maximum Gasteiger partial charge on any atom is 0.307 e. The van der Waals surface area contributed by atoms with E-state index in [0.717, 1.165) is 23.4 Å². The summed E-state index contributed by atoms with van der Waals surface area (Å²) in [6.07, 6.45) is 0.261. The first-order chi connectivity index (χ1) is 8.96. The molecule has 0 radical (unpaired) electrons. The quantitative estimate of drug-likeness (QED) is 0.802. The standard InChI is InChI=1S/C15H23NO3/c1-6-16-15(3,10-14(17)19-5)12-9-11(2)7-8-13(12)18-4/h7-9,16H,6,10H2,1-5H3. The number of benzene rings is 1. The first-order valence-corrected chi connectivity index (χ1v) is 6.43. The molecule has 1 unspecified atom stereocenters.